The molecule has 142 valence electrons. The maximum atomic E-state index is 13.2. The van der Waals surface area contributed by atoms with Crippen molar-refractivity contribution in [2.75, 3.05) is 25.1 Å². The van der Waals surface area contributed by atoms with Crippen LogP contribution in [-0.2, 0) is 16.0 Å². The standard InChI is InChI=1S/C21H24N2O3S/c1-3-4-6-15-8-10-16(11-9-15)23-20(25)18(17-7-5-14-27-17)19(21(23)26)22(2)12-13-24/h5,7-11,14,24H,3-4,6,12-13H2,1-2H3. The van der Waals surface area contributed by atoms with Crippen LogP contribution in [0.2, 0.25) is 0 Å². The highest BCUT2D eigenvalue weighted by Crippen LogP contribution is 2.36. The van der Waals surface area contributed by atoms with Crippen LogP contribution in [-0.4, -0.2) is 42.0 Å². The predicted molar refractivity (Wildman–Crippen MR) is 109 cm³/mol. The van der Waals surface area contributed by atoms with Gasteiger partial charge in [0.05, 0.1) is 17.9 Å². The molecule has 0 unspecified atom stereocenters. The molecule has 1 aliphatic heterocycles. The molecule has 1 N–H and O–H groups in total. The maximum Gasteiger partial charge on any atom is 0.282 e. The number of nitrogens with zero attached hydrogens (tertiary/aromatic N) is 2. The number of unbranched alkanes of at least 4 members (excludes halogenated alkanes) is 1. The van der Waals surface area contributed by atoms with Gasteiger partial charge in [0.1, 0.15) is 5.70 Å². The summed E-state index contributed by atoms with van der Waals surface area (Å²) in [6.07, 6.45) is 3.22. The fraction of sp³-hybridized carbons (Fsp3) is 0.333. The summed E-state index contributed by atoms with van der Waals surface area (Å²) in [6, 6.07) is 11.3. The van der Waals surface area contributed by atoms with Gasteiger partial charge in [0.2, 0.25) is 0 Å². The molecular formula is C21H24N2O3S. The Morgan fingerprint density at radius 2 is 1.85 bits per heavy atom. The number of imide groups is 1. The average molecular weight is 385 g/mol. The monoisotopic (exact) mass is 384 g/mol. The fourth-order valence-electron chi connectivity index (χ4n) is 3.20. The van der Waals surface area contributed by atoms with Crippen LogP contribution in [0.5, 0.6) is 0 Å². The Balaban J connectivity index is 1.96. The Morgan fingerprint density at radius 1 is 1.11 bits per heavy atom. The zero-order valence-corrected chi connectivity index (χ0v) is 16.5. The first-order chi connectivity index (χ1) is 13.1. The van der Waals surface area contributed by atoms with Crippen LogP contribution >= 0.6 is 11.3 Å². The fourth-order valence-corrected chi connectivity index (χ4v) is 3.97. The number of rotatable bonds is 8. The zero-order chi connectivity index (χ0) is 19.4. The zero-order valence-electron chi connectivity index (χ0n) is 15.6. The highest BCUT2D eigenvalue weighted by molar-refractivity contribution is 7.11. The molecule has 1 aliphatic rings. The molecule has 0 aliphatic carbocycles. The van der Waals surface area contributed by atoms with Crippen molar-refractivity contribution < 1.29 is 14.7 Å². The van der Waals surface area contributed by atoms with Crippen LogP contribution < -0.4 is 4.90 Å². The number of anilines is 1. The summed E-state index contributed by atoms with van der Waals surface area (Å²) in [4.78, 5) is 29.9. The molecular weight excluding hydrogens is 360 g/mol. The van der Waals surface area contributed by atoms with E-state index in [2.05, 4.69) is 6.92 Å². The van der Waals surface area contributed by atoms with Gasteiger partial charge in [-0.2, -0.15) is 0 Å². The number of thiophene rings is 1. The van der Waals surface area contributed by atoms with Gasteiger partial charge in [-0.3, -0.25) is 9.59 Å². The van der Waals surface area contributed by atoms with Gasteiger partial charge in [0, 0.05) is 18.5 Å². The molecule has 5 nitrogen and oxygen atoms in total. The number of carbonyl (C=O) groups is 2. The van der Waals surface area contributed by atoms with Crippen LogP contribution in [0.4, 0.5) is 5.69 Å². The van der Waals surface area contributed by atoms with Gasteiger partial charge >= 0.3 is 0 Å². The highest BCUT2D eigenvalue weighted by Gasteiger charge is 2.42. The third-order valence-electron chi connectivity index (χ3n) is 4.66. The van der Waals surface area contributed by atoms with E-state index in [1.807, 2.05) is 41.8 Å². The van der Waals surface area contributed by atoms with E-state index in [0.717, 1.165) is 24.1 Å². The van der Waals surface area contributed by atoms with Crippen molar-refractivity contribution >= 4 is 34.4 Å². The Morgan fingerprint density at radius 3 is 2.44 bits per heavy atom. The van der Waals surface area contributed by atoms with Crippen molar-refractivity contribution in [3.8, 4) is 0 Å². The van der Waals surface area contributed by atoms with Gasteiger partial charge in [-0.1, -0.05) is 31.5 Å². The summed E-state index contributed by atoms with van der Waals surface area (Å²) in [5.41, 5.74) is 2.52. The van der Waals surface area contributed by atoms with Crippen molar-refractivity contribution in [2.45, 2.75) is 26.2 Å². The summed E-state index contributed by atoms with van der Waals surface area (Å²) in [5, 5.41) is 11.2. The second-order valence-electron chi connectivity index (χ2n) is 6.56. The molecule has 6 heteroatoms. The van der Waals surface area contributed by atoms with Crippen LogP contribution in [0.25, 0.3) is 5.57 Å². The Kier molecular flexibility index (Phi) is 6.08. The van der Waals surface area contributed by atoms with Gasteiger partial charge in [-0.15, -0.1) is 11.3 Å². The number of carbonyl (C=O) groups excluding carboxylic acids is 2. The number of aliphatic hydroxyl groups is 1. The smallest absolute Gasteiger partial charge is 0.282 e. The summed E-state index contributed by atoms with van der Waals surface area (Å²) in [7, 11) is 1.72. The first-order valence-electron chi connectivity index (χ1n) is 9.16. The quantitative estimate of drug-likeness (QED) is 0.710. The third-order valence-corrected chi connectivity index (χ3v) is 5.55. The van der Waals surface area contributed by atoms with Crippen molar-refractivity contribution in [3.05, 3.63) is 57.9 Å². The largest absolute Gasteiger partial charge is 0.395 e. The van der Waals surface area contributed by atoms with Crippen molar-refractivity contribution in [1.29, 1.82) is 0 Å². The third kappa shape index (κ3) is 3.82. The van der Waals surface area contributed by atoms with Crippen molar-refractivity contribution in [3.63, 3.8) is 0 Å². The van der Waals surface area contributed by atoms with E-state index in [-0.39, 0.29) is 25.0 Å². The molecule has 27 heavy (non-hydrogen) atoms. The van der Waals surface area contributed by atoms with E-state index < -0.39 is 0 Å². The van der Waals surface area contributed by atoms with Crippen LogP contribution in [0.1, 0.15) is 30.2 Å². The molecule has 1 aromatic carbocycles. The molecule has 0 saturated heterocycles. The second-order valence-corrected chi connectivity index (χ2v) is 7.51. The molecule has 2 amide bonds. The molecule has 3 rings (SSSR count). The number of aryl methyl sites for hydroxylation is 1. The van der Waals surface area contributed by atoms with E-state index in [4.69, 9.17) is 0 Å². The van der Waals surface area contributed by atoms with E-state index in [1.165, 1.54) is 21.8 Å². The summed E-state index contributed by atoms with van der Waals surface area (Å²) < 4.78 is 0. The molecule has 0 radical (unpaired) electrons. The number of likely N-dealkylation sites (N-methyl/N-ethyl adjacent to an activating group) is 1. The Labute approximate surface area is 163 Å². The maximum absolute atomic E-state index is 13.2. The van der Waals surface area contributed by atoms with Crippen molar-refractivity contribution in [1.82, 2.24) is 4.90 Å². The molecule has 2 heterocycles. The lowest BCUT2D eigenvalue weighted by Crippen LogP contribution is -2.34. The number of benzene rings is 1. The number of hydrogen-bond donors (Lipinski definition) is 1. The summed E-state index contributed by atoms with van der Waals surface area (Å²) >= 11 is 1.43. The molecule has 1 aromatic heterocycles. The average Bonchev–Trinajstić information content (AvgIpc) is 3.27. The van der Waals surface area contributed by atoms with E-state index in [1.54, 1.807) is 11.9 Å². The second kappa shape index (κ2) is 8.50. The van der Waals surface area contributed by atoms with E-state index in [9.17, 15) is 14.7 Å². The highest BCUT2D eigenvalue weighted by atomic mass is 32.1. The Bertz CT molecular complexity index is 841. The van der Waals surface area contributed by atoms with Crippen LogP contribution in [0, 0.1) is 0 Å². The lowest BCUT2D eigenvalue weighted by molar-refractivity contribution is -0.120. The minimum atomic E-state index is -0.347. The lowest BCUT2D eigenvalue weighted by Gasteiger charge is -2.20. The minimum absolute atomic E-state index is 0.0919. The number of aliphatic hydroxyl groups excluding tert-OH is 1. The first kappa shape index (κ1) is 19.3. The number of amides is 2. The van der Waals surface area contributed by atoms with Gasteiger partial charge in [0.25, 0.3) is 11.8 Å². The van der Waals surface area contributed by atoms with Gasteiger partial charge in [-0.05, 0) is 42.0 Å². The molecule has 0 fully saturated rings. The first-order valence-corrected chi connectivity index (χ1v) is 10.0. The number of hydrogen-bond acceptors (Lipinski definition) is 5. The van der Waals surface area contributed by atoms with Crippen molar-refractivity contribution in [2.24, 2.45) is 0 Å². The molecule has 0 atom stereocenters. The SMILES string of the molecule is CCCCc1ccc(N2C(=O)C(c3cccs3)=C(N(C)CCO)C2=O)cc1. The van der Waals surface area contributed by atoms with Gasteiger partial charge < -0.3 is 10.0 Å². The summed E-state index contributed by atoms with van der Waals surface area (Å²) in [5.74, 6) is -0.663. The molecule has 0 saturated carbocycles. The van der Waals surface area contributed by atoms with Gasteiger partial charge in [-0.25, -0.2) is 4.90 Å². The summed E-state index contributed by atoms with van der Waals surface area (Å²) in [6.45, 7) is 2.34. The minimum Gasteiger partial charge on any atom is -0.395 e. The Hall–Kier alpha value is -2.44. The van der Waals surface area contributed by atoms with Crippen LogP contribution in [0.15, 0.2) is 47.5 Å². The molecule has 2 aromatic rings. The van der Waals surface area contributed by atoms with E-state index >= 15 is 0 Å². The normalized spacial score (nSPS) is 14.4. The van der Waals surface area contributed by atoms with Crippen LogP contribution in [0.3, 0.4) is 0 Å². The van der Waals surface area contributed by atoms with E-state index in [0.29, 0.717) is 17.0 Å². The van der Waals surface area contributed by atoms with Gasteiger partial charge in [0.15, 0.2) is 0 Å². The lowest BCUT2D eigenvalue weighted by atomic mass is 10.1. The molecule has 0 spiro atoms. The predicted octanol–water partition coefficient (Wildman–Crippen LogP) is 3.30. The topological polar surface area (TPSA) is 60.9 Å². The molecule has 0 bridgehead atoms.